The van der Waals surface area contributed by atoms with Crippen LogP contribution in [-0.2, 0) is 22.6 Å². The van der Waals surface area contributed by atoms with E-state index in [1.54, 1.807) is 0 Å². The highest BCUT2D eigenvalue weighted by Gasteiger charge is 2.19. The first kappa shape index (κ1) is 14.4. The molecule has 1 saturated heterocycles. The summed E-state index contributed by atoms with van der Waals surface area (Å²) < 4.78 is 16.3. The van der Waals surface area contributed by atoms with Gasteiger partial charge in [0, 0.05) is 36.4 Å². The maximum Gasteiger partial charge on any atom is 0.189 e. The van der Waals surface area contributed by atoms with E-state index in [1.165, 1.54) is 0 Å². The molecule has 0 atom stereocenters. The first-order chi connectivity index (χ1) is 8.83. The van der Waals surface area contributed by atoms with E-state index in [0.29, 0.717) is 13.4 Å². The molecule has 2 aliphatic heterocycles. The Balaban J connectivity index is 0.00000133. The van der Waals surface area contributed by atoms with E-state index in [0.717, 1.165) is 55.4 Å². The van der Waals surface area contributed by atoms with Crippen molar-refractivity contribution in [1.82, 2.24) is 4.90 Å². The molecule has 0 bridgehead atoms. The second-order valence-electron chi connectivity index (χ2n) is 4.67. The van der Waals surface area contributed by atoms with Gasteiger partial charge in [-0.2, -0.15) is 0 Å². The molecule has 106 valence electrons. The van der Waals surface area contributed by atoms with Gasteiger partial charge in [0.15, 0.2) is 6.79 Å². The van der Waals surface area contributed by atoms with Crippen molar-refractivity contribution < 1.29 is 14.2 Å². The molecule has 6 heteroatoms. The van der Waals surface area contributed by atoms with Crippen LogP contribution in [0.2, 0.25) is 0 Å². The Hall–Kier alpha value is -1.01. The zero-order chi connectivity index (χ0) is 12.4. The van der Waals surface area contributed by atoms with Crippen molar-refractivity contribution in [2.75, 3.05) is 38.8 Å². The molecule has 1 fully saturated rings. The zero-order valence-corrected chi connectivity index (χ0v) is 11.6. The number of nitrogens with zero attached hydrogens (tertiary/aromatic N) is 1. The minimum Gasteiger partial charge on any atom is -0.467 e. The average molecular weight is 287 g/mol. The van der Waals surface area contributed by atoms with Crippen LogP contribution in [0.15, 0.2) is 12.1 Å². The summed E-state index contributed by atoms with van der Waals surface area (Å²) in [6.07, 6.45) is 0. The van der Waals surface area contributed by atoms with Gasteiger partial charge in [-0.05, 0) is 12.1 Å². The molecule has 0 aliphatic carbocycles. The lowest BCUT2D eigenvalue weighted by Gasteiger charge is -2.29. The fourth-order valence-corrected chi connectivity index (χ4v) is 2.44. The van der Waals surface area contributed by atoms with Crippen molar-refractivity contribution >= 4 is 18.1 Å². The summed E-state index contributed by atoms with van der Waals surface area (Å²) in [5, 5.41) is 0. The number of hydrogen-bond donors (Lipinski definition) is 1. The number of rotatable bonds is 2. The van der Waals surface area contributed by atoms with Crippen molar-refractivity contribution in [3.63, 3.8) is 0 Å². The lowest BCUT2D eigenvalue weighted by molar-refractivity contribution is -0.0181. The molecule has 3 rings (SSSR count). The SMILES string of the molecule is Cl.Nc1cc2c(c(CN3CCOCC3)c1)OCOC2. The lowest BCUT2D eigenvalue weighted by Crippen LogP contribution is -2.36. The maximum atomic E-state index is 5.93. The van der Waals surface area contributed by atoms with Crippen molar-refractivity contribution in [2.45, 2.75) is 13.2 Å². The summed E-state index contributed by atoms with van der Waals surface area (Å²) in [6.45, 7) is 5.28. The average Bonchev–Trinajstić information content (AvgIpc) is 2.40. The van der Waals surface area contributed by atoms with Crippen LogP contribution in [0.4, 0.5) is 5.69 Å². The van der Waals surface area contributed by atoms with Crippen LogP contribution in [-0.4, -0.2) is 38.0 Å². The summed E-state index contributed by atoms with van der Waals surface area (Å²) in [5.74, 6) is 0.946. The molecule has 0 aromatic heterocycles. The fraction of sp³-hybridized carbons (Fsp3) is 0.538. The number of morpholine rings is 1. The first-order valence-corrected chi connectivity index (χ1v) is 6.25. The summed E-state index contributed by atoms with van der Waals surface area (Å²) in [6, 6.07) is 3.93. The van der Waals surface area contributed by atoms with Gasteiger partial charge in [0.1, 0.15) is 5.75 Å². The van der Waals surface area contributed by atoms with Crippen molar-refractivity contribution in [2.24, 2.45) is 0 Å². The summed E-state index contributed by atoms with van der Waals surface area (Å²) in [5.41, 5.74) is 8.90. The smallest absolute Gasteiger partial charge is 0.189 e. The molecule has 2 heterocycles. The van der Waals surface area contributed by atoms with Gasteiger partial charge in [0.25, 0.3) is 0 Å². The van der Waals surface area contributed by atoms with Gasteiger partial charge < -0.3 is 19.9 Å². The number of nitrogen functional groups attached to an aromatic ring is 1. The predicted octanol–water partition coefficient (Wildman–Crippen LogP) is 1.39. The molecule has 0 radical (unpaired) electrons. The fourth-order valence-electron chi connectivity index (χ4n) is 2.44. The highest BCUT2D eigenvalue weighted by Crippen LogP contribution is 2.31. The van der Waals surface area contributed by atoms with Crippen molar-refractivity contribution in [3.05, 3.63) is 23.3 Å². The van der Waals surface area contributed by atoms with Crippen LogP contribution in [0, 0.1) is 0 Å². The van der Waals surface area contributed by atoms with E-state index in [1.807, 2.05) is 12.1 Å². The molecule has 0 saturated carbocycles. The van der Waals surface area contributed by atoms with E-state index in [9.17, 15) is 0 Å². The van der Waals surface area contributed by atoms with E-state index < -0.39 is 0 Å². The Bertz CT molecular complexity index is 436. The molecular formula is C13H19ClN2O3. The summed E-state index contributed by atoms with van der Waals surface area (Å²) in [4.78, 5) is 2.36. The van der Waals surface area contributed by atoms with Gasteiger partial charge in [-0.1, -0.05) is 0 Å². The number of halogens is 1. The third kappa shape index (κ3) is 3.30. The quantitative estimate of drug-likeness (QED) is 0.833. The Morgan fingerprint density at radius 1 is 1.16 bits per heavy atom. The molecule has 1 aromatic carbocycles. The molecule has 2 N–H and O–H groups in total. The van der Waals surface area contributed by atoms with Gasteiger partial charge in [0.05, 0.1) is 19.8 Å². The van der Waals surface area contributed by atoms with Crippen LogP contribution in [0.5, 0.6) is 5.75 Å². The number of ether oxygens (including phenoxy) is 3. The number of hydrogen-bond acceptors (Lipinski definition) is 5. The predicted molar refractivity (Wildman–Crippen MR) is 74.5 cm³/mol. The number of benzene rings is 1. The van der Waals surface area contributed by atoms with Crippen LogP contribution >= 0.6 is 12.4 Å². The normalized spacial score (nSPS) is 19.2. The van der Waals surface area contributed by atoms with Crippen molar-refractivity contribution in [3.8, 4) is 5.75 Å². The summed E-state index contributed by atoms with van der Waals surface area (Å²) >= 11 is 0. The first-order valence-electron chi connectivity index (χ1n) is 6.25. The minimum absolute atomic E-state index is 0. The number of nitrogens with two attached hydrogens (primary N) is 1. The number of anilines is 1. The van der Waals surface area contributed by atoms with Crippen molar-refractivity contribution in [1.29, 1.82) is 0 Å². The zero-order valence-electron chi connectivity index (χ0n) is 10.8. The Morgan fingerprint density at radius 2 is 1.95 bits per heavy atom. The molecule has 2 aliphatic rings. The monoisotopic (exact) mass is 286 g/mol. The lowest BCUT2D eigenvalue weighted by atomic mass is 10.1. The van der Waals surface area contributed by atoms with Crippen LogP contribution in [0.1, 0.15) is 11.1 Å². The minimum atomic E-state index is 0. The molecule has 5 nitrogen and oxygen atoms in total. The second-order valence-corrected chi connectivity index (χ2v) is 4.67. The van der Waals surface area contributed by atoms with Crippen LogP contribution in [0.3, 0.4) is 0 Å². The molecule has 19 heavy (non-hydrogen) atoms. The van der Waals surface area contributed by atoms with Gasteiger partial charge in [0.2, 0.25) is 0 Å². The van der Waals surface area contributed by atoms with Gasteiger partial charge in [-0.25, -0.2) is 0 Å². The second kappa shape index (κ2) is 6.43. The molecule has 0 spiro atoms. The standard InChI is InChI=1S/C13H18N2O3.ClH/c14-12-5-10(7-15-1-3-16-4-2-15)13-11(6-12)8-17-9-18-13;/h5-6H,1-4,7-9,14H2;1H. The topological polar surface area (TPSA) is 57.0 Å². The third-order valence-corrected chi connectivity index (χ3v) is 3.31. The highest BCUT2D eigenvalue weighted by molar-refractivity contribution is 5.85. The Labute approximate surface area is 119 Å². The van der Waals surface area contributed by atoms with E-state index >= 15 is 0 Å². The molecule has 0 unspecified atom stereocenters. The highest BCUT2D eigenvalue weighted by atomic mass is 35.5. The van der Waals surface area contributed by atoms with E-state index in [2.05, 4.69) is 4.90 Å². The van der Waals surface area contributed by atoms with Gasteiger partial charge in [-0.3, -0.25) is 4.90 Å². The third-order valence-electron chi connectivity index (χ3n) is 3.31. The van der Waals surface area contributed by atoms with Gasteiger partial charge in [-0.15, -0.1) is 12.4 Å². The van der Waals surface area contributed by atoms with E-state index in [-0.39, 0.29) is 12.4 Å². The maximum absolute atomic E-state index is 5.93. The largest absolute Gasteiger partial charge is 0.467 e. The summed E-state index contributed by atoms with van der Waals surface area (Å²) in [7, 11) is 0. The van der Waals surface area contributed by atoms with Crippen LogP contribution < -0.4 is 10.5 Å². The van der Waals surface area contributed by atoms with E-state index in [4.69, 9.17) is 19.9 Å². The molecule has 0 amide bonds. The molecular weight excluding hydrogens is 268 g/mol. The Kier molecular flexibility index (Phi) is 4.87. The number of fused-ring (bicyclic) bond motifs is 1. The Morgan fingerprint density at radius 3 is 2.74 bits per heavy atom. The molecule has 1 aromatic rings. The van der Waals surface area contributed by atoms with Crippen LogP contribution in [0.25, 0.3) is 0 Å². The van der Waals surface area contributed by atoms with Gasteiger partial charge >= 0.3 is 0 Å².